The van der Waals surface area contributed by atoms with Gasteiger partial charge in [0.05, 0.1) is 12.3 Å². The highest BCUT2D eigenvalue weighted by atomic mass is 35.5. The molecular formula is C22H20ClN3O4. The van der Waals surface area contributed by atoms with Crippen molar-refractivity contribution in [2.75, 3.05) is 11.5 Å². The van der Waals surface area contributed by atoms with Crippen molar-refractivity contribution in [3.05, 3.63) is 64.2 Å². The number of carbonyl (C=O) groups excluding carboxylic acids is 3. The van der Waals surface area contributed by atoms with Crippen LogP contribution in [0.3, 0.4) is 0 Å². The first-order valence-corrected chi connectivity index (χ1v) is 9.92. The van der Waals surface area contributed by atoms with Crippen LogP contribution in [0.4, 0.5) is 5.69 Å². The van der Waals surface area contributed by atoms with Gasteiger partial charge in [-0.15, -0.1) is 0 Å². The van der Waals surface area contributed by atoms with Crippen molar-refractivity contribution in [3.8, 4) is 0 Å². The van der Waals surface area contributed by atoms with Crippen LogP contribution in [-0.4, -0.2) is 30.1 Å². The van der Waals surface area contributed by atoms with Gasteiger partial charge in [0.1, 0.15) is 5.92 Å². The number of halogens is 1. The van der Waals surface area contributed by atoms with Gasteiger partial charge >= 0.3 is 5.97 Å². The number of rotatable bonds is 4. The van der Waals surface area contributed by atoms with E-state index >= 15 is 0 Å². The molecule has 2 atom stereocenters. The van der Waals surface area contributed by atoms with Crippen LogP contribution < -0.4 is 10.3 Å². The lowest BCUT2D eigenvalue weighted by Gasteiger charge is -2.26. The molecule has 1 saturated heterocycles. The van der Waals surface area contributed by atoms with Crippen LogP contribution >= 0.6 is 11.6 Å². The van der Waals surface area contributed by atoms with E-state index in [-0.39, 0.29) is 12.3 Å². The molecule has 2 heterocycles. The van der Waals surface area contributed by atoms with Crippen LogP contribution in [0.25, 0.3) is 0 Å². The predicted molar refractivity (Wildman–Crippen MR) is 112 cm³/mol. The summed E-state index contributed by atoms with van der Waals surface area (Å²) in [5, 5.41) is 4.55. The van der Waals surface area contributed by atoms with E-state index in [2.05, 4.69) is 10.5 Å². The molecule has 2 aromatic carbocycles. The van der Waals surface area contributed by atoms with Gasteiger partial charge in [0, 0.05) is 5.02 Å². The van der Waals surface area contributed by atoms with E-state index in [0.717, 1.165) is 16.0 Å². The maximum atomic E-state index is 13.7. The molecule has 0 radical (unpaired) electrons. The number of aryl methyl sites for hydroxylation is 2. The van der Waals surface area contributed by atoms with Gasteiger partial charge in [0.15, 0.2) is 11.3 Å². The van der Waals surface area contributed by atoms with E-state index in [0.29, 0.717) is 16.3 Å². The lowest BCUT2D eigenvalue weighted by molar-refractivity contribution is -0.136. The molecule has 0 saturated carbocycles. The molecule has 30 heavy (non-hydrogen) atoms. The summed E-state index contributed by atoms with van der Waals surface area (Å²) in [6.45, 7) is 5.57. The van der Waals surface area contributed by atoms with E-state index < -0.39 is 29.2 Å². The summed E-state index contributed by atoms with van der Waals surface area (Å²) >= 11 is 6.02. The van der Waals surface area contributed by atoms with Crippen LogP contribution in [0.5, 0.6) is 0 Å². The molecule has 0 unspecified atom stereocenters. The highest BCUT2D eigenvalue weighted by molar-refractivity contribution is 6.47. The smallest absolute Gasteiger partial charge is 0.355 e. The van der Waals surface area contributed by atoms with Crippen molar-refractivity contribution >= 4 is 40.8 Å². The van der Waals surface area contributed by atoms with E-state index in [1.165, 1.54) is 0 Å². The average molecular weight is 426 g/mol. The van der Waals surface area contributed by atoms with E-state index in [9.17, 15) is 14.4 Å². The zero-order valence-electron chi connectivity index (χ0n) is 16.7. The summed E-state index contributed by atoms with van der Waals surface area (Å²) in [5.41, 5.74) is 3.91. The number of carbonyl (C=O) groups is 3. The fourth-order valence-electron chi connectivity index (χ4n) is 4.12. The number of hydrogen-bond donors (Lipinski definition) is 1. The van der Waals surface area contributed by atoms with Gasteiger partial charge in [-0.25, -0.2) is 9.69 Å². The van der Waals surface area contributed by atoms with Gasteiger partial charge < -0.3 is 4.74 Å². The molecule has 2 aliphatic heterocycles. The molecule has 154 valence electrons. The molecule has 0 bridgehead atoms. The number of anilines is 1. The van der Waals surface area contributed by atoms with Crippen LogP contribution in [-0.2, 0) is 24.7 Å². The predicted octanol–water partition coefficient (Wildman–Crippen LogP) is 2.86. The molecule has 0 aromatic heterocycles. The monoisotopic (exact) mass is 425 g/mol. The number of nitrogens with zero attached hydrogens (tertiary/aromatic N) is 2. The Hall–Kier alpha value is -3.19. The molecule has 4 rings (SSSR count). The van der Waals surface area contributed by atoms with Gasteiger partial charge in [-0.05, 0) is 61.7 Å². The molecule has 1 fully saturated rings. The number of hydrogen-bond acceptors (Lipinski definition) is 6. The highest BCUT2D eigenvalue weighted by Crippen LogP contribution is 2.45. The third kappa shape index (κ3) is 2.89. The van der Waals surface area contributed by atoms with Crippen molar-refractivity contribution in [3.63, 3.8) is 0 Å². The number of ether oxygens (including phenoxy) is 1. The zero-order chi connectivity index (χ0) is 21.6. The molecular weight excluding hydrogens is 406 g/mol. The summed E-state index contributed by atoms with van der Waals surface area (Å²) in [6, 6.07) is 12.0. The summed E-state index contributed by atoms with van der Waals surface area (Å²) in [4.78, 5) is 40.9. The Bertz CT molecular complexity index is 1080. The Balaban J connectivity index is 1.88. The van der Waals surface area contributed by atoms with Gasteiger partial charge in [0.2, 0.25) is 5.91 Å². The lowest BCUT2D eigenvalue weighted by atomic mass is 9.79. The summed E-state index contributed by atoms with van der Waals surface area (Å²) in [5.74, 6) is -2.91. The second-order valence-corrected chi connectivity index (χ2v) is 7.84. The average Bonchev–Trinajstić information content (AvgIpc) is 3.18. The molecule has 2 aliphatic rings. The molecule has 0 aliphatic carbocycles. The number of imide groups is 1. The normalized spacial score (nSPS) is 22.6. The van der Waals surface area contributed by atoms with Crippen LogP contribution in [0.1, 0.15) is 23.6 Å². The van der Waals surface area contributed by atoms with Gasteiger partial charge in [0.25, 0.3) is 5.91 Å². The lowest BCUT2D eigenvalue weighted by Crippen LogP contribution is -2.48. The number of nitrogens with one attached hydrogen (secondary N) is 1. The number of amides is 2. The topological polar surface area (TPSA) is 88.1 Å². The Kier molecular flexibility index (Phi) is 4.86. The van der Waals surface area contributed by atoms with Crippen molar-refractivity contribution < 1.29 is 19.1 Å². The Morgan fingerprint density at radius 2 is 1.80 bits per heavy atom. The fraction of sp³-hybridized carbons (Fsp3) is 0.273. The maximum absolute atomic E-state index is 13.7. The number of hydrazone groups is 1. The largest absolute Gasteiger partial charge is 0.461 e. The molecule has 2 amide bonds. The minimum atomic E-state index is -1.54. The highest BCUT2D eigenvalue weighted by Gasteiger charge is 2.67. The van der Waals surface area contributed by atoms with Crippen molar-refractivity contribution in [2.45, 2.75) is 26.3 Å². The van der Waals surface area contributed by atoms with Crippen LogP contribution in [0.15, 0.2) is 47.6 Å². The first-order chi connectivity index (χ1) is 14.3. The summed E-state index contributed by atoms with van der Waals surface area (Å²) in [7, 11) is 0. The molecule has 2 aromatic rings. The SMILES string of the molecule is CCOC(=O)C1=NN[C@@]2(c3ccc(Cl)cc3)C(=O)N(c3cc(C)cc(C)c3)C(=O)[C@@H]12. The minimum Gasteiger partial charge on any atom is -0.461 e. The number of fused-ring (bicyclic) bond motifs is 1. The van der Waals surface area contributed by atoms with Gasteiger partial charge in [-0.3, -0.25) is 15.0 Å². The molecule has 7 nitrogen and oxygen atoms in total. The summed E-state index contributed by atoms with van der Waals surface area (Å²) in [6.07, 6.45) is 0. The standard InChI is InChI=1S/C22H20ClN3O4/c1-4-30-20(28)18-17-19(27)26(16-10-12(2)9-13(3)11-16)21(29)22(17,25-24-18)14-5-7-15(23)8-6-14/h5-11,17,25H,4H2,1-3H3/t17-,22-/m1/s1. The molecule has 1 N–H and O–H groups in total. The third-order valence-corrected chi connectivity index (χ3v) is 5.57. The van der Waals surface area contributed by atoms with Crippen molar-refractivity contribution in [1.29, 1.82) is 0 Å². The van der Waals surface area contributed by atoms with E-state index in [4.69, 9.17) is 16.3 Å². The first kappa shape index (κ1) is 20.1. The van der Waals surface area contributed by atoms with E-state index in [1.807, 2.05) is 19.9 Å². The minimum absolute atomic E-state index is 0.114. The van der Waals surface area contributed by atoms with Crippen molar-refractivity contribution in [1.82, 2.24) is 5.43 Å². The Morgan fingerprint density at radius 1 is 1.17 bits per heavy atom. The first-order valence-electron chi connectivity index (χ1n) is 9.54. The third-order valence-electron chi connectivity index (χ3n) is 5.32. The summed E-state index contributed by atoms with van der Waals surface area (Å²) < 4.78 is 5.08. The van der Waals surface area contributed by atoms with Gasteiger partial charge in [-0.2, -0.15) is 5.10 Å². The number of esters is 1. The van der Waals surface area contributed by atoms with Crippen molar-refractivity contribution in [2.24, 2.45) is 11.0 Å². The fourth-order valence-corrected chi connectivity index (χ4v) is 4.25. The quantitative estimate of drug-likeness (QED) is 0.601. The molecule has 0 spiro atoms. The number of benzene rings is 2. The zero-order valence-corrected chi connectivity index (χ0v) is 17.5. The Morgan fingerprint density at radius 3 is 2.40 bits per heavy atom. The second kappa shape index (κ2) is 7.25. The van der Waals surface area contributed by atoms with Gasteiger partial charge in [-0.1, -0.05) is 29.8 Å². The molecule has 8 heteroatoms. The van der Waals surface area contributed by atoms with Crippen LogP contribution in [0, 0.1) is 19.8 Å². The van der Waals surface area contributed by atoms with Crippen LogP contribution in [0.2, 0.25) is 5.02 Å². The van der Waals surface area contributed by atoms with E-state index in [1.54, 1.807) is 43.3 Å². The Labute approximate surface area is 178 Å². The second-order valence-electron chi connectivity index (χ2n) is 7.40. The maximum Gasteiger partial charge on any atom is 0.355 e.